The molecule has 0 unspecified atom stereocenters. The molecule has 0 fully saturated rings. The molecule has 0 bridgehead atoms. The second kappa shape index (κ2) is 5.93. The van der Waals surface area contributed by atoms with Gasteiger partial charge >= 0.3 is 0 Å². The van der Waals surface area contributed by atoms with Crippen LogP contribution in [-0.2, 0) is 6.54 Å². The second-order valence-corrected chi connectivity index (χ2v) is 4.92. The lowest BCUT2D eigenvalue weighted by Crippen LogP contribution is -2.05. The predicted octanol–water partition coefficient (Wildman–Crippen LogP) is 3.67. The van der Waals surface area contributed by atoms with Gasteiger partial charge in [0.15, 0.2) is 0 Å². The van der Waals surface area contributed by atoms with Gasteiger partial charge in [-0.3, -0.25) is 0 Å². The third-order valence-corrected chi connectivity index (χ3v) is 3.26. The minimum absolute atomic E-state index is 0.246. The molecule has 0 saturated carbocycles. The molecular weight excluding hydrogens is 291 g/mol. The summed E-state index contributed by atoms with van der Waals surface area (Å²) < 4.78 is 14.6. The van der Waals surface area contributed by atoms with Crippen LogP contribution in [0.1, 0.15) is 5.56 Å². The summed E-state index contributed by atoms with van der Waals surface area (Å²) in [4.78, 5) is 3.94. The third-order valence-electron chi connectivity index (χ3n) is 3.02. The first-order chi connectivity index (χ1) is 10.2. The van der Waals surface area contributed by atoms with E-state index in [2.05, 4.69) is 15.4 Å². The van der Waals surface area contributed by atoms with E-state index in [1.807, 2.05) is 12.1 Å². The van der Waals surface area contributed by atoms with Gasteiger partial charge in [-0.1, -0.05) is 23.7 Å². The Bertz CT molecular complexity index is 726. The molecular formula is C15H12ClFN4. The number of nitrogens with zero attached hydrogens (tertiary/aromatic N) is 3. The summed E-state index contributed by atoms with van der Waals surface area (Å²) in [7, 11) is 0. The normalized spacial score (nSPS) is 10.6. The lowest BCUT2D eigenvalue weighted by molar-refractivity contribution is 0.627. The molecule has 1 aromatic heterocycles. The lowest BCUT2D eigenvalue weighted by Gasteiger charge is -2.12. The molecule has 0 saturated heterocycles. The van der Waals surface area contributed by atoms with Gasteiger partial charge in [-0.15, -0.1) is 0 Å². The van der Waals surface area contributed by atoms with Crippen LogP contribution in [0.25, 0.3) is 5.69 Å². The number of hydrogen-bond acceptors (Lipinski definition) is 3. The summed E-state index contributed by atoms with van der Waals surface area (Å²) in [6.07, 6.45) is 3.09. The number of anilines is 1. The van der Waals surface area contributed by atoms with Crippen molar-refractivity contribution in [1.29, 1.82) is 0 Å². The minimum Gasteiger partial charge on any atom is -0.379 e. The zero-order chi connectivity index (χ0) is 14.7. The van der Waals surface area contributed by atoms with E-state index in [0.717, 1.165) is 16.9 Å². The van der Waals surface area contributed by atoms with Crippen LogP contribution in [0.3, 0.4) is 0 Å². The van der Waals surface area contributed by atoms with Crippen LogP contribution in [0.15, 0.2) is 55.1 Å². The van der Waals surface area contributed by atoms with Gasteiger partial charge in [-0.05, 0) is 35.9 Å². The molecule has 0 spiro atoms. The number of nitrogens with one attached hydrogen (secondary N) is 1. The minimum atomic E-state index is -0.246. The monoisotopic (exact) mass is 302 g/mol. The van der Waals surface area contributed by atoms with Gasteiger partial charge in [0, 0.05) is 11.6 Å². The number of halogens is 2. The van der Waals surface area contributed by atoms with Crippen molar-refractivity contribution >= 4 is 17.3 Å². The average molecular weight is 303 g/mol. The Balaban J connectivity index is 1.84. The standard InChI is InChI=1S/C15H12ClFN4/c16-12-3-6-15(21-10-18-9-20-21)14(7-12)19-8-11-1-4-13(17)5-2-11/h1-7,9-10,19H,8H2. The smallest absolute Gasteiger partial charge is 0.138 e. The van der Waals surface area contributed by atoms with Crippen molar-refractivity contribution in [3.8, 4) is 5.69 Å². The van der Waals surface area contributed by atoms with Crippen LogP contribution < -0.4 is 5.32 Å². The Morgan fingerprint density at radius 3 is 2.67 bits per heavy atom. The van der Waals surface area contributed by atoms with Crippen molar-refractivity contribution < 1.29 is 4.39 Å². The molecule has 3 rings (SSSR count). The summed E-state index contributed by atoms with van der Waals surface area (Å²) in [5.74, 6) is -0.246. The molecule has 0 atom stereocenters. The molecule has 0 aliphatic heterocycles. The highest BCUT2D eigenvalue weighted by molar-refractivity contribution is 6.31. The van der Waals surface area contributed by atoms with Gasteiger partial charge in [-0.25, -0.2) is 14.1 Å². The van der Waals surface area contributed by atoms with E-state index in [-0.39, 0.29) is 5.82 Å². The largest absolute Gasteiger partial charge is 0.379 e. The van der Waals surface area contributed by atoms with E-state index >= 15 is 0 Å². The molecule has 0 aliphatic rings. The first-order valence-electron chi connectivity index (χ1n) is 6.35. The molecule has 3 aromatic rings. The van der Waals surface area contributed by atoms with Crippen molar-refractivity contribution in [1.82, 2.24) is 14.8 Å². The van der Waals surface area contributed by atoms with Crippen LogP contribution >= 0.6 is 11.6 Å². The van der Waals surface area contributed by atoms with Crippen molar-refractivity contribution in [3.05, 3.63) is 71.5 Å². The predicted molar refractivity (Wildman–Crippen MR) is 80.1 cm³/mol. The molecule has 2 aromatic carbocycles. The third kappa shape index (κ3) is 3.20. The highest BCUT2D eigenvalue weighted by Gasteiger charge is 2.06. The van der Waals surface area contributed by atoms with Crippen LogP contribution in [-0.4, -0.2) is 14.8 Å². The van der Waals surface area contributed by atoms with E-state index in [9.17, 15) is 4.39 Å². The van der Waals surface area contributed by atoms with E-state index in [0.29, 0.717) is 11.6 Å². The maximum absolute atomic E-state index is 12.9. The first-order valence-corrected chi connectivity index (χ1v) is 6.73. The fraction of sp³-hybridized carbons (Fsp3) is 0.0667. The number of rotatable bonds is 4. The Kier molecular flexibility index (Phi) is 3.83. The van der Waals surface area contributed by atoms with E-state index in [4.69, 9.17) is 11.6 Å². The molecule has 6 heteroatoms. The molecule has 0 amide bonds. The molecule has 0 aliphatic carbocycles. The molecule has 4 nitrogen and oxygen atoms in total. The van der Waals surface area contributed by atoms with Crippen molar-refractivity contribution in [2.45, 2.75) is 6.54 Å². The van der Waals surface area contributed by atoms with Gasteiger partial charge in [0.1, 0.15) is 18.5 Å². The van der Waals surface area contributed by atoms with Gasteiger partial charge in [-0.2, -0.15) is 5.10 Å². The Hall–Kier alpha value is -2.40. The summed E-state index contributed by atoms with van der Waals surface area (Å²) in [5, 5.41) is 8.02. The fourth-order valence-electron chi connectivity index (χ4n) is 1.98. The quantitative estimate of drug-likeness (QED) is 0.799. The number of aromatic nitrogens is 3. The highest BCUT2D eigenvalue weighted by Crippen LogP contribution is 2.24. The van der Waals surface area contributed by atoms with Crippen LogP contribution in [0.5, 0.6) is 0 Å². The summed E-state index contributed by atoms with van der Waals surface area (Å²) >= 11 is 6.05. The second-order valence-electron chi connectivity index (χ2n) is 4.48. The lowest BCUT2D eigenvalue weighted by atomic mass is 10.2. The van der Waals surface area contributed by atoms with E-state index in [1.165, 1.54) is 18.5 Å². The Labute approximate surface area is 126 Å². The molecule has 1 heterocycles. The zero-order valence-electron chi connectivity index (χ0n) is 11.0. The highest BCUT2D eigenvalue weighted by atomic mass is 35.5. The molecule has 21 heavy (non-hydrogen) atoms. The van der Waals surface area contributed by atoms with Gasteiger partial charge in [0.25, 0.3) is 0 Å². The molecule has 0 radical (unpaired) electrons. The topological polar surface area (TPSA) is 42.7 Å². The Morgan fingerprint density at radius 1 is 1.14 bits per heavy atom. The SMILES string of the molecule is Fc1ccc(CNc2cc(Cl)ccc2-n2cncn2)cc1. The molecule has 1 N–H and O–H groups in total. The van der Waals surface area contributed by atoms with Crippen LogP contribution in [0, 0.1) is 5.82 Å². The van der Waals surface area contributed by atoms with Crippen LogP contribution in [0.2, 0.25) is 5.02 Å². The summed E-state index contributed by atoms with van der Waals surface area (Å²) in [6, 6.07) is 11.8. The van der Waals surface area contributed by atoms with Crippen LogP contribution in [0.4, 0.5) is 10.1 Å². The maximum atomic E-state index is 12.9. The fourth-order valence-corrected chi connectivity index (χ4v) is 2.15. The summed E-state index contributed by atoms with van der Waals surface area (Å²) in [6.45, 7) is 0.558. The zero-order valence-corrected chi connectivity index (χ0v) is 11.8. The maximum Gasteiger partial charge on any atom is 0.138 e. The Morgan fingerprint density at radius 2 is 1.95 bits per heavy atom. The molecule has 106 valence electrons. The van der Waals surface area contributed by atoms with Gasteiger partial charge < -0.3 is 5.32 Å². The van der Waals surface area contributed by atoms with E-state index < -0.39 is 0 Å². The van der Waals surface area contributed by atoms with Crippen molar-refractivity contribution in [2.75, 3.05) is 5.32 Å². The van der Waals surface area contributed by atoms with Gasteiger partial charge in [0.05, 0.1) is 11.4 Å². The average Bonchev–Trinajstić information content (AvgIpc) is 3.01. The number of hydrogen-bond donors (Lipinski definition) is 1. The van der Waals surface area contributed by atoms with Crippen molar-refractivity contribution in [3.63, 3.8) is 0 Å². The van der Waals surface area contributed by atoms with Gasteiger partial charge in [0.2, 0.25) is 0 Å². The van der Waals surface area contributed by atoms with Crippen molar-refractivity contribution in [2.24, 2.45) is 0 Å². The number of benzene rings is 2. The first kappa shape index (κ1) is 13.6. The summed E-state index contributed by atoms with van der Waals surface area (Å²) in [5.41, 5.74) is 2.65. The van der Waals surface area contributed by atoms with E-state index in [1.54, 1.807) is 29.2 Å².